The molecule has 98 valence electrons. The molecule has 17 heavy (non-hydrogen) atoms. The molecule has 1 aliphatic rings. The topological polar surface area (TPSA) is 20.2 Å². The predicted molar refractivity (Wildman–Crippen MR) is 77.8 cm³/mol. The molecule has 0 saturated heterocycles. The molecule has 0 heterocycles. The van der Waals surface area contributed by atoms with Gasteiger partial charge >= 0.3 is 0 Å². The zero-order chi connectivity index (χ0) is 12.9. The van der Waals surface area contributed by atoms with E-state index in [9.17, 15) is 5.11 Å². The molecule has 1 fully saturated rings. The lowest BCUT2D eigenvalue weighted by atomic mass is 9.82. The van der Waals surface area contributed by atoms with Gasteiger partial charge in [0.05, 0.1) is 13.7 Å². The molecule has 0 aromatic rings. The monoisotopic (exact) mass is 252 g/mol. The van der Waals surface area contributed by atoms with E-state index in [-0.39, 0.29) is 5.54 Å². The Morgan fingerprint density at radius 2 is 1.76 bits per heavy atom. The summed E-state index contributed by atoms with van der Waals surface area (Å²) in [7, 11) is -1.42. The minimum atomic E-state index is -1.42. The SMILES string of the molecule is CCCC#CC(C1(O)CCCCC1)[Si](C)(C)C. The number of hydrogen-bond acceptors (Lipinski definition) is 1. The summed E-state index contributed by atoms with van der Waals surface area (Å²) in [6, 6.07) is 0. The predicted octanol–water partition coefficient (Wildman–Crippen LogP) is 4.19. The summed E-state index contributed by atoms with van der Waals surface area (Å²) in [5.41, 5.74) is -0.231. The lowest BCUT2D eigenvalue weighted by molar-refractivity contribution is 0.00747. The molecule has 0 radical (unpaired) electrons. The number of hydrogen-bond donors (Lipinski definition) is 1. The van der Waals surface area contributed by atoms with Gasteiger partial charge in [-0.05, 0) is 19.3 Å². The van der Waals surface area contributed by atoms with Crippen LogP contribution in [0.5, 0.6) is 0 Å². The summed E-state index contributed by atoms with van der Waals surface area (Å²) in [5.74, 6) is 6.72. The minimum Gasteiger partial charge on any atom is -0.389 e. The summed E-state index contributed by atoms with van der Waals surface area (Å²) >= 11 is 0. The summed E-state index contributed by atoms with van der Waals surface area (Å²) in [6.07, 6.45) is 7.63. The quantitative estimate of drug-likeness (QED) is 0.590. The Balaban J connectivity index is 2.86. The molecule has 1 nitrogen and oxygen atoms in total. The second-order valence-corrected chi connectivity index (χ2v) is 11.8. The Bertz CT molecular complexity index is 286. The molecule has 0 aromatic heterocycles. The average molecular weight is 252 g/mol. The van der Waals surface area contributed by atoms with Crippen LogP contribution in [0.3, 0.4) is 0 Å². The Labute approximate surface area is 108 Å². The molecule has 2 heteroatoms. The van der Waals surface area contributed by atoms with Gasteiger partial charge in [0.15, 0.2) is 0 Å². The van der Waals surface area contributed by atoms with Crippen molar-refractivity contribution in [1.29, 1.82) is 0 Å². The molecule has 0 amide bonds. The second-order valence-electron chi connectivity index (χ2n) is 6.53. The van der Waals surface area contributed by atoms with E-state index >= 15 is 0 Å². The summed E-state index contributed by atoms with van der Waals surface area (Å²) < 4.78 is 0. The van der Waals surface area contributed by atoms with E-state index < -0.39 is 13.7 Å². The number of unbranched alkanes of at least 4 members (excludes halogenated alkanes) is 1. The number of aliphatic hydroxyl groups is 1. The zero-order valence-corrected chi connectivity index (χ0v) is 13.0. The van der Waals surface area contributed by atoms with Crippen molar-refractivity contribution in [2.45, 2.75) is 82.7 Å². The highest BCUT2D eigenvalue weighted by atomic mass is 28.3. The van der Waals surface area contributed by atoms with Crippen molar-refractivity contribution in [3.05, 3.63) is 0 Å². The molecular weight excluding hydrogens is 224 g/mol. The molecule has 1 rings (SSSR count). The van der Waals surface area contributed by atoms with Crippen LogP contribution < -0.4 is 0 Å². The van der Waals surface area contributed by atoms with Crippen LogP contribution in [0.2, 0.25) is 25.2 Å². The van der Waals surface area contributed by atoms with Gasteiger partial charge in [0.25, 0.3) is 0 Å². The molecule has 0 aromatic carbocycles. The van der Waals surface area contributed by atoms with E-state index in [2.05, 4.69) is 38.4 Å². The van der Waals surface area contributed by atoms with Gasteiger partial charge in [-0.3, -0.25) is 0 Å². The van der Waals surface area contributed by atoms with Crippen molar-refractivity contribution < 1.29 is 5.11 Å². The Hall–Kier alpha value is -0.263. The molecular formula is C15H28OSi. The number of rotatable bonds is 3. The van der Waals surface area contributed by atoms with E-state index in [1.807, 2.05) is 0 Å². The van der Waals surface area contributed by atoms with E-state index in [1.165, 1.54) is 19.3 Å². The van der Waals surface area contributed by atoms with E-state index in [0.717, 1.165) is 25.7 Å². The Kier molecular flexibility index (Phi) is 5.28. The Morgan fingerprint density at radius 1 is 1.18 bits per heavy atom. The van der Waals surface area contributed by atoms with Crippen LogP contribution in [-0.2, 0) is 0 Å². The van der Waals surface area contributed by atoms with E-state index in [1.54, 1.807) is 0 Å². The van der Waals surface area contributed by atoms with Crippen LogP contribution in [-0.4, -0.2) is 18.8 Å². The van der Waals surface area contributed by atoms with Crippen molar-refractivity contribution in [1.82, 2.24) is 0 Å². The van der Waals surface area contributed by atoms with Crippen LogP contribution in [0.25, 0.3) is 0 Å². The maximum atomic E-state index is 10.9. The fraction of sp³-hybridized carbons (Fsp3) is 0.867. The van der Waals surface area contributed by atoms with Gasteiger partial charge < -0.3 is 5.11 Å². The van der Waals surface area contributed by atoms with Gasteiger partial charge in [0.2, 0.25) is 0 Å². The van der Waals surface area contributed by atoms with Crippen LogP contribution in [0.1, 0.15) is 51.9 Å². The van der Waals surface area contributed by atoms with Gasteiger partial charge in [-0.15, -0.1) is 11.8 Å². The van der Waals surface area contributed by atoms with Crippen LogP contribution in [0.4, 0.5) is 0 Å². The van der Waals surface area contributed by atoms with Gasteiger partial charge in [0.1, 0.15) is 0 Å². The second kappa shape index (κ2) is 6.07. The lowest BCUT2D eigenvalue weighted by Gasteiger charge is -2.42. The molecule has 1 N–H and O–H groups in total. The van der Waals surface area contributed by atoms with Gasteiger partial charge in [0, 0.05) is 12.0 Å². The largest absolute Gasteiger partial charge is 0.389 e. The summed E-state index contributed by atoms with van der Waals surface area (Å²) in [4.78, 5) is 0. The maximum Gasteiger partial charge on any atom is 0.0759 e. The maximum absolute atomic E-state index is 10.9. The third-order valence-electron chi connectivity index (χ3n) is 3.74. The molecule has 0 spiro atoms. The average Bonchev–Trinajstić information content (AvgIpc) is 2.23. The lowest BCUT2D eigenvalue weighted by Crippen LogP contribution is -2.46. The first-order chi connectivity index (χ1) is 7.90. The normalized spacial score (nSPS) is 21.5. The smallest absolute Gasteiger partial charge is 0.0759 e. The standard InChI is InChI=1S/C15H28OSi/c1-5-6-8-11-14(17(2,3)4)15(16)12-9-7-10-13-15/h14,16H,5-7,9-10,12-13H2,1-4H3. The molecule has 1 saturated carbocycles. The van der Waals surface area contributed by atoms with Gasteiger partial charge in [-0.2, -0.15) is 0 Å². The van der Waals surface area contributed by atoms with Gasteiger partial charge in [-0.1, -0.05) is 45.8 Å². The zero-order valence-electron chi connectivity index (χ0n) is 12.0. The summed E-state index contributed by atoms with van der Waals surface area (Å²) in [5, 5.41) is 10.9. The first kappa shape index (κ1) is 14.8. The molecule has 0 aliphatic heterocycles. The molecule has 1 aliphatic carbocycles. The third kappa shape index (κ3) is 4.15. The van der Waals surface area contributed by atoms with Crippen molar-refractivity contribution in [3.8, 4) is 11.8 Å². The van der Waals surface area contributed by atoms with Crippen LogP contribution in [0, 0.1) is 11.8 Å². The van der Waals surface area contributed by atoms with Crippen molar-refractivity contribution >= 4 is 8.07 Å². The van der Waals surface area contributed by atoms with Crippen molar-refractivity contribution in [2.75, 3.05) is 0 Å². The molecule has 1 unspecified atom stereocenters. The molecule has 0 bridgehead atoms. The highest BCUT2D eigenvalue weighted by molar-refractivity contribution is 6.78. The van der Waals surface area contributed by atoms with Crippen molar-refractivity contribution in [2.24, 2.45) is 0 Å². The fourth-order valence-corrected chi connectivity index (χ4v) is 5.34. The first-order valence-corrected chi connectivity index (χ1v) is 10.7. The third-order valence-corrected chi connectivity index (χ3v) is 6.16. The van der Waals surface area contributed by atoms with E-state index in [0.29, 0.717) is 0 Å². The minimum absolute atomic E-state index is 0.252. The highest BCUT2D eigenvalue weighted by Gasteiger charge is 2.43. The molecule has 1 atom stereocenters. The van der Waals surface area contributed by atoms with E-state index in [4.69, 9.17) is 0 Å². The highest BCUT2D eigenvalue weighted by Crippen LogP contribution is 2.42. The van der Waals surface area contributed by atoms with Crippen molar-refractivity contribution in [3.63, 3.8) is 0 Å². The Morgan fingerprint density at radius 3 is 2.24 bits per heavy atom. The summed E-state index contributed by atoms with van der Waals surface area (Å²) in [6.45, 7) is 9.17. The van der Waals surface area contributed by atoms with Crippen LogP contribution in [0.15, 0.2) is 0 Å². The first-order valence-electron chi connectivity index (χ1n) is 7.11. The van der Waals surface area contributed by atoms with Crippen LogP contribution >= 0.6 is 0 Å². The fourth-order valence-electron chi connectivity index (χ4n) is 2.91. The van der Waals surface area contributed by atoms with Gasteiger partial charge in [-0.25, -0.2) is 0 Å².